The Hall–Kier alpha value is -3.02. The van der Waals surface area contributed by atoms with Crippen LogP contribution in [-0.4, -0.2) is 31.4 Å². The van der Waals surface area contributed by atoms with E-state index in [0.717, 1.165) is 30.0 Å². The van der Waals surface area contributed by atoms with E-state index < -0.39 is 23.2 Å². The van der Waals surface area contributed by atoms with Crippen LogP contribution >= 0.6 is 35.0 Å². The minimum atomic E-state index is -4.58. The SMILES string of the molecule is O=C(CSc1nc2c(cnn2-c2ccc(Cl)cc2)c(=O)[nH]1)Nc1cc(C(F)(F)F)ccc1Cl. The Morgan fingerprint density at radius 1 is 1.15 bits per heavy atom. The summed E-state index contributed by atoms with van der Waals surface area (Å²) in [6, 6.07) is 9.36. The van der Waals surface area contributed by atoms with Crippen molar-refractivity contribution in [2.45, 2.75) is 11.3 Å². The Balaban J connectivity index is 1.53. The van der Waals surface area contributed by atoms with Crippen LogP contribution < -0.4 is 10.9 Å². The number of nitrogens with one attached hydrogen (secondary N) is 2. The summed E-state index contributed by atoms with van der Waals surface area (Å²) in [5.41, 5.74) is -0.675. The third-order valence-electron chi connectivity index (χ3n) is 4.40. The molecule has 0 unspecified atom stereocenters. The summed E-state index contributed by atoms with van der Waals surface area (Å²) in [5, 5.41) is 7.39. The molecular weight excluding hydrogens is 502 g/mol. The molecule has 0 bridgehead atoms. The van der Waals surface area contributed by atoms with Crippen molar-refractivity contribution in [3.63, 3.8) is 0 Å². The molecule has 0 spiro atoms. The van der Waals surface area contributed by atoms with Gasteiger partial charge in [-0.05, 0) is 42.5 Å². The minimum Gasteiger partial charge on any atom is -0.324 e. The van der Waals surface area contributed by atoms with Gasteiger partial charge in [-0.2, -0.15) is 18.3 Å². The van der Waals surface area contributed by atoms with E-state index in [4.69, 9.17) is 23.2 Å². The lowest BCUT2D eigenvalue weighted by atomic mass is 10.2. The zero-order chi connectivity index (χ0) is 23.8. The second-order valence-corrected chi connectivity index (χ2v) is 8.48. The van der Waals surface area contributed by atoms with Gasteiger partial charge in [-0.15, -0.1) is 0 Å². The summed E-state index contributed by atoms with van der Waals surface area (Å²) in [6.07, 6.45) is -3.21. The highest BCUT2D eigenvalue weighted by Gasteiger charge is 2.31. The molecule has 0 atom stereocenters. The number of thioether (sulfide) groups is 1. The number of aromatic amines is 1. The smallest absolute Gasteiger partial charge is 0.324 e. The van der Waals surface area contributed by atoms with E-state index in [-0.39, 0.29) is 32.7 Å². The highest BCUT2D eigenvalue weighted by molar-refractivity contribution is 7.99. The molecule has 4 aromatic rings. The monoisotopic (exact) mass is 513 g/mol. The van der Waals surface area contributed by atoms with E-state index >= 15 is 0 Å². The molecule has 2 aromatic carbocycles. The number of carbonyl (C=O) groups is 1. The lowest BCUT2D eigenvalue weighted by Gasteiger charge is -2.11. The maximum absolute atomic E-state index is 12.9. The molecule has 13 heteroatoms. The Morgan fingerprint density at radius 3 is 2.58 bits per heavy atom. The largest absolute Gasteiger partial charge is 0.416 e. The third kappa shape index (κ3) is 5.15. The number of H-pyrrole nitrogens is 1. The number of hydrogen-bond donors (Lipinski definition) is 2. The van der Waals surface area contributed by atoms with Crippen LogP contribution in [0.3, 0.4) is 0 Å². The van der Waals surface area contributed by atoms with Gasteiger partial charge in [0.05, 0.1) is 33.9 Å². The molecule has 2 aromatic heterocycles. The summed E-state index contributed by atoms with van der Waals surface area (Å²) in [4.78, 5) is 31.6. The Morgan fingerprint density at radius 2 is 1.88 bits per heavy atom. The van der Waals surface area contributed by atoms with E-state index in [1.54, 1.807) is 24.3 Å². The van der Waals surface area contributed by atoms with Crippen molar-refractivity contribution in [2.24, 2.45) is 0 Å². The number of benzene rings is 2. The minimum absolute atomic E-state index is 0.0406. The number of carbonyl (C=O) groups excluding carboxylic acids is 1. The standard InChI is InChI=1S/C20H12Cl2F3N5O2S/c21-11-2-4-12(5-3-11)30-17-13(8-26-30)18(32)29-19(28-17)33-9-16(31)27-15-7-10(20(23,24)25)1-6-14(15)22/h1-8H,9H2,(H,27,31)(H,28,29,32). The van der Waals surface area contributed by atoms with Gasteiger partial charge in [0.25, 0.3) is 5.56 Å². The summed E-state index contributed by atoms with van der Waals surface area (Å²) >= 11 is 12.7. The van der Waals surface area contributed by atoms with E-state index in [0.29, 0.717) is 10.7 Å². The first-order chi connectivity index (χ1) is 15.6. The van der Waals surface area contributed by atoms with Crippen LogP contribution in [0.5, 0.6) is 0 Å². The number of nitrogens with zero attached hydrogens (tertiary/aromatic N) is 3. The molecule has 0 radical (unpaired) electrons. The second kappa shape index (κ2) is 9.08. The number of alkyl halides is 3. The van der Waals surface area contributed by atoms with Gasteiger partial charge >= 0.3 is 6.18 Å². The Labute approximate surface area is 197 Å². The summed E-state index contributed by atoms with van der Waals surface area (Å²) < 4.78 is 40.2. The number of aromatic nitrogens is 4. The quantitative estimate of drug-likeness (QED) is 0.284. The maximum atomic E-state index is 12.9. The number of hydrogen-bond acceptors (Lipinski definition) is 5. The molecule has 0 saturated carbocycles. The predicted molar refractivity (Wildman–Crippen MR) is 120 cm³/mol. The van der Waals surface area contributed by atoms with Crippen LogP contribution in [0.2, 0.25) is 10.0 Å². The highest BCUT2D eigenvalue weighted by atomic mass is 35.5. The lowest BCUT2D eigenvalue weighted by Crippen LogP contribution is -2.16. The van der Waals surface area contributed by atoms with E-state index in [9.17, 15) is 22.8 Å². The normalized spacial score (nSPS) is 11.7. The fraction of sp³-hybridized carbons (Fsp3) is 0.100. The first-order valence-corrected chi connectivity index (χ1v) is 10.9. The molecule has 4 rings (SSSR count). The molecule has 1 amide bonds. The molecule has 0 aliphatic heterocycles. The molecule has 0 aliphatic rings. The Bertz CT molecular complexity index is 1400. The van der Waals surface area contributed by atoms with E-state index in [2.05, 4.69) is 20.4 Å². The van der Waals surface area contributed by atoms with Crippen LogP contribution in [0.25, 0.3) is 16.7 Å². The fourth-order valence-electron chi connectivity index (χ4n) is 2.86. The number of amides is 1. The summed E-state index contributed by atoms with van der Waals surface area (Å²) in [5.74, 6) is -0.869. The van der Waals surface area contributed by atoms with Crippen molar-refractivity contribution in [1.82, 2.24) is 19.7 Å². The van der Waals surface area contributed by atoms with Crippen LogP contribution in [-0.2, 0) is 11.0 Å². The van der Waals surface area contributed by atoms with Crippen molar-refractivity contribution in [3.8, 4) is 5.69 Å². The Kier molecular flexibility index (Phi) is 6.37. The first-order valence-electron chi connectivity index (χ1n) is 9.15. The van der Waals surface area contributed by atoms with Crippen LogP contribution in [0.15, 0.2) is 58.6 Å². The highest BCUT2D eigenvalue weighted by Crippen LogP contribution is 2.34. The van der Waals surface area contributed by atoms with Crippen molar-refractivity contribution >= 4 is 57.6 Å². The van der Waals surface area contributed by atoms with Crippen molar-refractivity contribution in [1.29, 1.82) is 0 Å². The van der Waals surface area contributed by atoms with Crippen LogP contribution in [0.4, 0.5) is 18.9 Å². The molecule has 0 aliphatic carbocycles. The number of rotatable bonds is 5. The second-order valence-electron chi connectivity index (χ2n) is 6.67. The molecule has 170 valence electrons. The number of anilines is 1. The molecule has 0 saturated heterocycles. The fourth-order valence-corrected chi connectivity index (χ4v) is 3.80. The molecular formula is C20H12Cl2F3N5O2S. The number of halogens is 5. The molecule has 2 heterocycles. The van der Waals surface area contributed by atoms with Crippen LogP contribution in [0.1, 0.15) is 5.56 Å². The average molecular weight is 514 g/mol. The molecule has 2 N–H and O–H groups in total. The van der Waals surface area contributed by atoms with Crippen molar-refractivity contribution < 1.29 is 18.0 Å². The van der Waals surface area contributed by atoms with Crippen molar-refractivity contribution in [2.75, 3.05) is 11.1 Å². The molecule has 0 fully saturated rings. The molecule has 33 heavy (non-hydrogen) atoms. The summed E-state index contributed by atoms with van der Waals surface area (Å²) in [7, 11) is 0. The third-order valence-corrected chi connectivity index (χ3v) is 5.85. The van der Waals surface area contributed by atoms with Gasteiger partial charge in [0.1, 0.15) is 5.39 Å². The van der Waals surface area contributed by atoms with Crippen LogP contribution in [0, 0.1) is 0 Å². The maximum Gasteiger partial charge on any atom is 0.416 e. The zero-order valence-electron chi connectivity index (χ0n) is 16.3. The average Bonchev–Trinajstić information content (AvgIpc) is 3.18. The zero-order valence-corrected chi connectivity index (χ0v) is 18.6. The van der Waals surface area contributed by atoms with Gasteiger partial charge in [0, 0.05) is 5.02 Å². The topological polar surface area (TPSA) is 92.7 Å². The van der Waals surface area contributed by atoms with Gasteiger partial charge in [0.2, 0.25) is 5.91 Å². The number of fused-ring (bicyclic) bond motifs is 1. The summed E-state index contributed by atoms with van der Waals surface area (Å²) in [6.45, 7) is 0. The predicted octanol–water partition coefficient (Wildman–Crippen LogP) is 5.17. The van der Waals surface area contributed by atoms with Gasteiger partial charge in [-0.25, -0.2) is 9.67 Å². The van der Waals surface area contributed by atoms with Gasteiger partial charge in [0.15, 0.2) is 10.8 Å². The van der Waals surface area contributed by atoms with Gasteiger partial charge < -0.3 is 10.3 Å². The first kappa shape index (κ1) is 23.1. The molecule has 7 nitrogen and oxygen atoms in total. The van der Waals surface area contributed by atoms with E-state index in [1.165, 1.54) is 10.9 Å². The van der Waals surface area contributed by atoms with Crippen molar-refractivity contribution in [3.05, 3.63) is 74.6 Å². The van der Waals surface area contributed by atoms with Gasteiger partial charge in [-0.3, -0.25) is 9.59 Å². The van der Waals surface area contributed by atoms with E-state index in [1.807, 2.05) is 0 Å². The van der Waals surface area contributed by atoms with Gasteiger partial charge in [-0.1, -0.05) is 35.0 Å². The lowest BCUT2D eigenvalue weighted by molar-refractivity contribution is -0.137.